The van der Waals surface area contributed by atoms with Crippen LogP contribution in [-0.2, 0) is 0 Å². The average molecular weight is 351 g/mol. The second-order valence-corrected chi connectivity index (χ2v) is 5.55. The molecule has 0 bridgehead atoms. The summed E-state index contributed by atoms with van der Waals surface area (Å²) < 4.78 is 6.26. The van der Waals surface area contributed by atoms with Gasteiger partial charge in [0, 0.05) is 22.8 Å². The molecular weight excluding hydrogens is 336 g/mol. The second kappa shape index (κ2) is 6.24. The first-order valence-corrected chi connectivity index (χ1v) is 7.21. The Morgan fingerprint density at radius 3 is 2.55 bits per heavy atom. The summed E-state index contributed by atoms with van der Waals surface area (Å²) in [6.45, 7) is 0. The maximum Gasteiger partial charge on any atom is 0.142 e. The Hall–Kier alpha value is -1.59. The van der Waals surface area contributed by atoms with Crippen LogP contribution in [0.25, 0.3) is 0 Å². The van der Waals surface area contributed by atoms with E-state index in [1.54, 1.807) is 7.11 Å². The van der Waals surface area contributed by atoms with E-state index in [9.17, 15) is 0 Å². The normalized spacial score (nSPS) is 10.2. The third-order valence-corrected chi connectivity index (χ3v) is 3.93. The number of rotatable bonds is 4. The Morgan fingerprint density at radius 1 is 1.25 bits per heavy atom. The van der Waals surface area contributed by atoms with Crippen LogP contribution in [0.15, 0.2) is 46.9 Å². The Balaban J connectivity index is 2.41. The molecule has 0 aliphatic carbocycles. The molecule has 104 valence electrons. The van der Waals surface area contributed by atoms with Gasteiger partial charge >= 0.3 is 0 Å². The molecule has 0 saturated heterocycles. The molecule has 20 heavy (non-hydrogen) atoms. The summed E-state index contributed by atoms with van der Waals surface area (Å²) in [5, 5.41) is 0. The lowest BCUT2D eigenvalue weighted by molar-refractivity contribution is 0.415. The van der Waals surface area contributed by atoms with E-state index < -0.39 is 0 Å². The molecule has 0 aliphatic heterocycles. The first kappa shape index (κ1) is 14.8. The Kier molecular flexibility index (Phi) is 4.62. The zero-order valence-corrected chi connectivity index (χ0v) is 13.7. The van der Waals surface area contributed by atoms with Gasteiger partial charge in [-0.15, -0.1) is 0 Å². The zero-order valence-electron chi connectivity index (χ0n) is 11.3. The van der Waals surface area contributed by atoms with Gasteiger partial charge in [-0.2, -0.15) is 0 Å². The van der Waals surface area contributed by atoms with Gasteiger partial charge in [-0.1, -0.05) is 24.4 Å². The van der Waals surface area contributed by atoms with Crippen molar-refractivity contribution in [1.29, 1.82) is 0 Å². The number of methoxy groups -OCH3 is 1. The summed E-state index contributed by atoms with van der Waals surface area (Å²) in [5.74, 6) is 0.824. The fraction of sp³-hybridized carbons (Fsp3) is 0.133. The van der Waals surface area contributed by atoms with Gasteiger partial charge in [0.1, 0.15) is 10.7 Å². The molecule has 0 aliphatic rings. The molecule has 0 spiro atoms. The van der Waals surface area contributed by atoms with Crippen LogP contribution in [0.1, 0.15) is 5.56 Å². The standard InChI is InChI=1S/C15H15BrN2OS/c1-18(13-5-3-4-6-14(13)19-2)10-7-8-11(15(17)20)12(16)9-10/h3-9H,1-2H3,(H2,17,20). The number of ether oxygens (including phenoxy) is 1. The molecule has 0 unspecified atom stereocenters. The highest BCUT2D eigenvalue weighted by molar-refractivity contribution is 9.10. The maximum atomic E-state index is 5.67. The summed E-state index contributed by atoms with van der Waals surface area (Å²) in [4.78, 5) is 2.43. The van der Waals surface area contributed by atoms with E-state index >= 15 is 0 Å². The largest absolute Gasteiger partial charge is 0.495 e. The number of benzene rings is 2. The molecular formula is C15H15BrN2OS. The monoisotopic (exact) mass is 350 g/mol. The van der Waals surface area contributed by atoms with Crippen molar-refractivity contribution in [2.24, 2.45) is 5.73 Å². The van der Waals surface area contributed by atoms with Crippen molar-refractivity contribution in [3.8, 4) is 5.75 Å². The molecule has 2 aromatic carbocycles. The van der Waals surface area contributed by atoms with Crippen molar-refractivity contribution < 1.29 is 4.74 Å². The molecule has 0 radical (unpaired) electrons. The SMILES string of the molecule is COc1ccccc1N(C)c1ccc(C(N)=S)c(Br)c1. The van der Waals surface area contributed by atoms with Crippen LogP contribution in [0, 0.1) is 0 Å². The number of nitrogens with two attached hydrogens (primary N) is 1. The first-order valence-electron chi connectivity index (χ1n) is 6.00. The molecule has 5 heteroatoms. The van der Waals surface area contributed by atoms with Gasteiger partial charge in [0.25, 0.3) is 0 Å². The summed E-state index contributed by atoms with van der Waals surface area (Å²) in [6, 6.07) is 13.7. The van der Waals surface area contributed by atoms with Gasteiger partial charge in [0.05, 0.1) is 12.8 Å². The van der Waals surface area contributed by atoms with Crippen LogP contribution in [-0.4, -0.2) is 19.1 Å². The number of nitrogens with zero attached hydrogens (tertiary/aromatic N) is 1. The Bertz CT molecular complexity index is 646. The molecule has 0 heterocycles. The van der Waals surface area contributed by atoms with Gasteiger partial charge in [0.2, 0.25) is 0 Å². The lowest BCUT2D eigenvalue weighted by atomic mass is 10.2. The van der Waals surface area contributed by atoms with Crippen molar-refractivity contribution in [1.82, 2.24) is 0 Å². The zero-order chi connectivity index (χ0) is 14.7. The molecule has 2 N–H and O–H groups in total. The maximum absolute atomic E-state index is 5.67. The van der Waals surface area contributed by atoms with Gasteiger partial charge in [-0.25, -0.2) is 0 Å². The van der Waals surface area contributed by atoms with Gasteiger partial charge in [0.15, 0.2) is 0 Å². The lowest BCUT2D eigenvalue weighted by Crippen LogP contribution is -2.13. The molecule has 0 atom stereocenters. The number of hydrogen-bond donors (Lipinski definition) is 1. The van der Waals surface area contributed by atoms with E-state index in [1.165, 1.54) is 0 Å². The van der Waals surface area contributed by atoms with Gasteiger partial charge in [-0.05, 0) is 46.3 Å². The van der Waals surface area contributed by atoms with Crippen molar-refractivity contribution in [3.63, 3.8) is 0 Å². The van der Waals surface area contributed by atoms with Crippen LogP contribution < -0.4 is 15.4 Å². The number of anilines is 2. The lowest BCUT2D eigenvalue weighted by Gasteiger charge is -2.22. The second-order valence-electron chi connectivity index (χ2n) is 4.26. The fourth-order valence-electron chi connectivity index (χ4n) is 1.96. The highest BCUT2D eigenvalue weighted by Crippen LogP contribution is 2.33. The average Bonchev–Trinajstić information content (AvgIpc) is 2.45. The van der Waals surface area contributed by atoms with Crippen molar-refractivity contribution in [2.45, 2.75) is 0 Å². The molecule has 0 saturated carbocycles. The minimum absolute atomic E-state index is 0.378. The first-order chi connectivity index (χ1) is 9.54. The summed E-state index contributed by atoms with van der Waals surface area (Å²) in [7, 11) is 3.65. The van der Waals surface area contributed by atoms with Crippen molar-refractivity contribution in [2.75, 3.05) is 19.1 Å². The minimum Gasteiger partial charge on any atom is -0.495 e. The van der Waals surface area contributed by atoms with Crippen LogP contribution in [0.5, 0.6) is 5.75 Å². The van der Waals surface area contributed by atoms with Crippen molar-refractivity contribution >= 4 is 44.5 Å². The fourth-order valence-corrected chi connectivity index (χ4v) is 2.85. The third kappa shape index (κ3) is 2.94. The van der Waals surface area contributed by atoms with E-state index in [4.69, 9.17) is 22.7 Å². The molecule has 3 nitrogen and oxygen atoms in total. The molecule has 2 rings (SSSR count). The molecule has 2 aromatic rings. The van der Waals surface area contributed by atoms with Crippen LogP contribution in [0.3, 0.4) is 0 Å². The third-order valence-electron chi connectivity index (χ3n) is 3.05. The number of thiocarbonyl (C=S) groups is 1. The van der Waals surface area contributed by atoms with E-state index in [1.807, 2.05) is 54.4 Å². The predicted molar refractivity (Wildman–Crippen MR) is 91.1 cm³/mol. The van der Waals surface area contributed by atoms with Crippen molar-refractivity contribution in [3.05, 3.63) is 52.5 Å². The number of halogens is 1. The molecule has 0 amide bonds. The number of para-hydroxylation sites is 2. The minimum atomic E-state index is 0.378. The smallest absolute Gasteiger partial charge is 0.142 e. The highest BCUT2D eigenvalue weighted by atomic mass is 79.9. The van der Waals surface area contributed by atoms with E-state index in [0.29, 0.717) is 4.99 Å². The molecule has 0 fully saturated rings. The molecule has 0 aromatic heterocycles. The summed E-state index contributed by atoms with van der Waals surface area (Å²) >= 11 is 8.50. The topological polar surface area (TPSA) is 38.5 Å². The number of hydrogen-bond acceptors (Lipinski definition) is 3. The van der Waals surface area contributed by atoms with Crippen LogP contribution in [0.2, 0.25) is 0 Å². The van der Waals surface area contributed by atoms with Gasteiger partial charge < -0.3 is 15.4 Å². The van der Waals surface area contributed by atoms with Gasteiger partial charge in [-0.3, -0.25) is 0 Å². The van der Waals surface area contributed by atoms with E-state index in [0.717, 1.165) is 27.2 Å². The summed E-state index contributed by atoms with van der Waals surface area (Å²) in [6.07, 6.45) is 0. The Morgan fingerprint density at radius 2 is 1.95 bits per heavy atom. The van der Waals surface area contributed by atoms with E-state index in [2.05, 4.69) is 15.9 Å². The highest BCUT2D eigenvalue weighted by Gasteiger charge is 2.11. The summed E-state index contributed by atoms with van der Waals surface area (Å²) in [5.41, 5.74) is 8.50. The van der Waals surface area contributed by atoms with Crippen LogP contribution >= 0.6 is 28.1 Å². The van der Waals surface area contributed by atoms with E-state index in [-0.39, 0.29) is 0 Å². The predicted octanol–water partition coefficient (Wildman–Crippen LogP) is 3.86. The Labute approximate surface area is 132 Å². The van der Waals surface area contributed by atoms with Crippen LogP contribution in [0.4, 0.5) is 11.4 Å². The quantitative estimate of drug-likeness (QED) is 0.849.